The summed E-state index contributed by atoms with van der Waals surface area (Å²) in [5.41, 5.74) is 2.11. The van der Waals surface area contributed by atoms with E-state index in [0.29, 0.717) is 5.82 Å². The maximum absolute atomic E-state index is 9.89. The average Bonchev–Trinajstić information content (AvgIpc) is 3.18. The van der Waals surface area contributed by atoms with Crippen LogP contribution in [0.3, 0.4) is 0 Å². The maximum Gasteiger partial charge on any atom is 0.138 e. The SMILES string of the molecule is COc1ccc([C@@H](CO)Nc2ncnc3sc(-c4ccccc4)cc23)cc1. The number of hydrogen-bond donors (Lipinski definition) is 2. The molecule has 0 amide bonds. The molecule has 27 heavy (non-hydrogen) atoms. The second-order valence-electron chi connectivity index (χ2n) is 6.07. The fourth-order valence-corrected chi connectivity index (χ4v) is 3.96. The molecular formula is C21H19N3O2S. The zero-order valence-corrected chi connectivity index (χ0v) is 15.6. The summed E-state index contributed by atoms with van der Waals surface area (Å²) < 4.78 is 5.20. The van der Waals surface area contributed by atoms with Crippen LogP contribution < -0.4 is 10.1 Å². The number of aliphatic hydroxyl groups is 1. The molecule has 5 nitrogen and oxygen atoms in total. The van der Waals surface area contributed by atoms with Crippen molar-refractivity contribution < 1.29 is 9.84 Å². The molecule has 0 radical (unpaired) electrons. The molecule has 0 aliphatic carbocycles. The maximum atomic E-state index is 9.89. The van der Waals surface area contributed by atoms with Gasteiger partial charge in [0.15, 0.2) is 0 Å². The summed E-state index contributed by atoms with van der Waals surface area (Å²) in [5.74, 6) is 1.50. The molecule has 0 saturated heterocycles. The number of thiophene rings is 1. The van der Waals surface area contributed by atoms with Crippen LogP contribution in [-0.4, -0.2) is 28.8 Å². The van der Waals surface area contributed by atoms with Gasteiger partial charge < -0.3 is 15.2 Å². The van der Waals surface area contributed by atoms with Crippen LogP contribution in [0.15, 0.2) is 67.0 Å². The Morgan fingerprint density at radius 2 is 1.85 bits per heavy atom. The van der Waals surface area contributed by atoms with E-state index in [4.69, 9.17) is 4.74 Å². The highest BCUT2D eigenvalue weighted by Crippen LogP contribution is 2.35. The van der Waals surface area contributed by atoms with Crippen molar-refractivity contribution in [2.45, 2.75) is 6.04 Å². The van der Waals surface area contributed by atoms with Crippen LogP contribution in [0.25, 0.3) is 20.7 Å². The molecule has 0 fully saturated rings. The van der Waals surface area contributed by atoms with E-state index < -0.39 is 0 Å². The van der Waals surface area contributed by atoms with E-state index in [1.807, 2.05) is 42.5 Å². The molecule has 4 aromatic rings. The lowest BCUT2D eigenvalue weighted by Gasteiger charge is -2.18. The minimum absolute atomic E-state index is 0.0481. The van der Waals surface area contributed by atoms with Crippen molar-refractivity contribution >= 4 is 27.4 Å². The standard InChI is InChI=1S/C21H19N3O2S/c1-26-16-9-7-14(8-10-16)18(12-25)24-20-17-11-19(15-5-3-2-4-6-15)27-21(17)23-13-22-20/h2-11,13,18,25H,12H2,1H3,(H,22,23,24)/t18-/m1/s1. The van der Waals surface area contributed by atoms with Gasteiger partial charge in [-0.3, -0.25) is 0 Å². The van der Waals surface area contributed by atoms with Gasteiger partial charge in [-0.2, -0.15) is 0 Å². The number of methoxy groups -OCH3 is 1. The van der Waals surface area contributed by atoms with Crippen LogP contribution in [0.5, 0.6) is 5.75 Å². The summed E-state index contributed by atoms with van der Waals surface area (Å²) in [6.07, 6.45) is 1.55. The second-order valence-corrected chi connectivity index (χ2v) is 7.10. The number of nitrogens with one attached hydrogen (secondary N) is 1. The molecule has 0 aliphatic heterocycles. The predicted molar refractivity (Wildman–Crippen MR) is 109 cm³/mol. The lowest BCUT2D eigenvalue weighted by molar-refractivity contribution is 0.276. The third kappa shape index (κ3) is 3.63. The molecule has 0 aliphatic rings. The number of fused-ring (bicyclic) bond motifs is 1. The van der Waals surface area contributed by atoms with Crippen LogP contribution in [0.4, 0.5) is 5.82 Å². The normalized spacial score (nSPS) is 12.1. The van der Waals surface area contributed by atoms with Gasteiger partial charge in [0.25, 0.3) is 0 Å². The highest BCUT2D eigenvalue weighted by molar-refractivity contribution is 7.21. The summed E-state index contributed by atoms with van der Waals surface area (Å²) in [7, 11) is 1.63. The third-order valence-electron chi connectivity index (χ3n) is 4.40. The largest absolute Gasteiger partial charge is 0.497 e. The summed E-state index contributed by atoms with van der Waals surface area (Å²) >= 11 is 1.63. The fourth-order valence-electron chi connectivity index (χ4n) is 2.95. The van der Waals surface area contributed by atoms with Crippen molar-refractivity contribution in [2.24, 2.45) is 0 Å². The summed E-state index contributed by atoms with van der Waals surface area (Å²) in [4.78, 5) is 10.9. The summed E-state index contributed by atoms with van der Waals surface area (Å²) in [6.45, 7) is -0.0481. The van der Waals surface area contributed by atoms with E-state index in [2.05, 4.69) is 33.5 Å². The molecule has 136 valence electrons. The lowest BCUT2D eigenvalue weighted by Crippen LogP contribution is -2.15. The Morgan fingerprint density at radius 3 is 2.56 bits per heavy atom. The Bertz CT molecular complexity index is 1030. The Labute approximate surface area is 161 Å². The van der Waals surface area contributed by atoms with Gasteiger partial charge >= 0.3 is 0 Å². The summed E-state index contributed by atoms with van der Waals surface area (Å²) in [5, 5.41) is 14.2. The Morgan fingerprint density at radius 1 is 1.07 bits per heavy atom. The molecule has 6 heteroatoms. The van der Waals surface area contributed by atoms with Gasteiger partial charge in [-0.15, -0.1) is 11.3 Å². The van der Waals surface area contributed by atoms with E-state index in [-0.39, 0.29) is 12.6 Å². The minimum Gasteiger partial charge on any atom is -0.497 e. The molecule has 0 unspecified atom stereocenters. The molecule has 2 aromatic heterocycles. The molecule has 0 bridgehead atoms. The number of nitrogens with zero attached hydrogens (tertiary/aromatic N) is 2. The molecule has 2 aromatic carbocycles. The predicted octanol–water partition coefficient (Wildman–Crippen LogP) is 4.51. The van der Waals surface area contributed by atoms with E-state index in [9.17, 15) is 5.11 Å². The zero-order chi connectivity index (χ0) is 18.6. The number of anilines is 1. The first kappa shape index (κ1) is 17.5. The topological polar surface area (TPSA) is 67.3 Å². The number of benzene rings is 2. The van der Waals surface area contributed by atoms with Crippen molar-refractivity contribution in [1.29, 1.82) is 0 Å². The van der Waals surface area contributed by atoms with Crippen LogP contribution in [0, 0.1) is 0 Å². The van der Waals surface area contributed by atoms with Crippen LogP contribution in [0.2, 0.25) is 0 Å². The second kappa shape index (κ2) is 7.73. The van der Waals surface area contributed by atoms with Gasteiger partial charge in [0.2, 0.25) is 0 Å². The van der Waals surface area contributed by atoms with Crippen molar-refractivity contribution in [2.75, 3.05) is 19.0 Å². The molecule has 2 N–H and O–H groups in total. The molecule has 1 atom stereocenters. The number of aliphatic hydroxyl groups excluding tert-OH is 1. The van der Waals surface area contributed by atoms with Crippen molar-refractivity contribution in [3.8, 4) is 16.2 Å². The highest BCUT2D eigenvalue weighted by atomic mass is 32.1. The van der Waals surface area contributed by atoms with Crippen LogP contribution >= 0.6 is 11.3 Å². The minimum atomic E-state index is -0.269. The Hall–Kier alpha value is -2.96. The van der Waals surface area contributed by atoms with Crippen molar-refractivity contribution in [3.63, 3.8) is 0 Å². The number of rotatable bonds is 6. The first-order chi connectivity index (χ1) is 13.3. The van der Waals surface area contributed by atoms with E-state index in [1.165, 1.54) is 0 Å². The van der Waals surface area contributed by atoms with Gasteiger partial charge in [-0.1, -0.05) is 42.5 Å². The van der Waals surface area contributed by atoms with Gasteiger partial charge in [-0.25, -0.2) is 9.97 Å². The first-order valence-electron chi connectivity index (χ1n) is 8.60. The monoisotopic (exact) mass is 377 g/mol. The molecule has 2 heterocycles. The Kier molecular flexibility index (Phi) is 5.00. The summed E-state index contributed by atoms with van der Waals surface area (Å²) in [6, 6.07) is 19.7. The van der Waals surface area contributed by atoms with Gasteiger partial charge in [0, 0.05) is 4.88 Å². The smallest absolute Gasteiger partial charge is 0.138 e. The first-order valence-corrected chi connectivity index (χ1v) is 9.41. The zero-order valence-electron chi connectivity index (χ0n) is 14.8. The van der Waals surface area contributed by atoms with E-state index >= 15 is 0 Å². The van der Waals surface area contributed by atoms with Crippen LogP contribution in [-0.2, 0) is 0 Å². The number of ether oxygens (including phenoxy) is 1. The molecular weight excluding hydrogens is 358 g/mol. The number of hydrogen-bond acceptors (Lipinski definition) is 6. The van der Waals surface area contributed by atoms with E-state index in [0.717, 1.165) is 32.0 Å². The molecule has 4 rings (SSSR count). The van der Waals surface area contributed by atoms with Gasteiger partial charge in [-0.05, 0) is 29.3 Å². The van der Waals surface area contributed by atoms with Crippen molar-refractivity contribution in [1.82, 2.24) is 9.97 Å². The highest BCUT2D eigenvalue weighted by Gasteiger charge is 2.15. The molecule has 0 saturated carbocycles. The van der Waals surface area contributed by atoms with Crippen LogP contribution in [0.1, 0.15) is 11.6 Å². The van der Waals surface area contributed by atoms with Gasteiger partial charge in [0.1, 0.15) is 22.7 Å². The quantitative estimate of drug-likeness (QED) is 0.517. The number of aromatic nitrogens is 2. The van der Waals surface area contributed by atoms with E-state index in [1.54, 1.807) is 24.8 Å². The fraction of sp³-hybridized carbons (Fsp3) is 0.143. The molecule has 0 spiro atoms. The lowest BCUT2D eigenvalue weighted by atomic mass is 10.1. The average molecular weight is 377 g/mol. The van der Waals surface area contributed by atoms with Crippen molar-refractivity contribution in [3.05, 3.63) is 72.6 Å². The third-order valence-corrected chi connectivity index (χ3v) is 5.49. The Balaban J connectivity index is 1.67. The van der Waals surface area contributed by atoms with Gasteiger partial charge in [0.05, 0.1) is 25.1 Å².